The molecule has 1 saturated heterocycles. The van der Waals surface area contributed by atoms with E-state index in [1.54, 1.807) is 4.90 Å². The minimum absolute atomic E-state index is 0.0352. The van der Waals surface area contributed by atoms with E-state index in [9.17, 15) is 14.7 Å². The predicted molar refractivity (Wildman–Crippen MR) is 96.3 cm³/mol. The highest BCUT2D eigenvalue weighted by atomic mass is 16.3. The van der Waals surface area contributed by atoms with Gasteiger partial charge in [-0.2, -0.15) is 0 Å². The molecule has 1 aliphatic heterocycles. The molecule has 1 aromatic carbocycles. The van der Waals surface area contributed by atoms with Crippen molar-refractivity contribution in [2.45, 2.75) is 37.7 Å². The van der Waals surface area contributed by atoms with E-state index in [1.807, 2.05) is 18.2 Å². The number of piperazine rings is 1. The lowest BCUT2D eigenvalue weighted by molar-refractivity contribution is -0.145. The molecule has 1 saturated carbocycles. The molecule has 2 fully saturated rings. The highest BCUT2D eigenvalue weighted by Gasteiger charge is 2.37. The molecule has 3 rings (SSSR count). The van der Waals surface area contributed by atoms with Crippen molar-refractivity contribution in [3.63, 3.8) is 0 Å². The monoisotopic (exact) mass is 345 g/mol. The van der Waals surface area contributed by atoms with Gasteiger partial charge >= 0.3 is 0 Å². The highest BCUT2D eigenvalue weighted by Crippen LogP contribution is 2.28. The molecule has 0 spiro atoms. The van der Waals surface area contributed by atoms with Crippen LogP contribution >= 0.6 is 0 Å². The molecule has 2 N–H and O–H groups in total. The van der Waals surface area contributed by atoms with Crippen LogP contribution in [0.4, 0.5) is 5.69 Å². The molecule has 25 heavy (non-hydrogen) atoms. The normalized spacial score (nSPS) is 20.2. The van der Waals surface area contributed by atoms with Crippen LogP contribution in [-0.4, -0.2) is 60.1 Å². The van der Waals surface area contributed by atoms with Crippen molar-refractivity contribution in [1.82, 2.24) is 10.2 Å². The number of nitrogens with zero attached hydrogens (tertiary/aromatic N) is 2. The molecular formula is C19H27N3O3. The zero-order chi connectivity index (χ0) is 17.7. The number of para-hydroxylation sites is 1. The molecule has 0 radical (unpaired) electrons. The third kappa shape index (κ3) is 4.31. The number of aliphatic hydroxyl groups is 1. The first kappa shape index (κ1) is 17.7. The lowest BCUT2D eigenvalue weighted by Crippen LogP contribution is -2.54. The molecule has 6 heteroatoms. The SMILES string of the molecule is O=C(CNC(=O)C1(O)CCCCC1)N1CCN(c2ccccc2)CC1. The Labute approximate surface area is 148 Å². The molecule has 1 heterocycles. The number of benzene rings is 1. The van der Waals surface area contributed by atoms with Gasteiger partial charge in [0.25, 0.3) is 5.91 Å². The quantitative estimate of drug-likeness (QED) is 0.859. The van der Waals surface area contributed by atoms with Gasteiger partial charge in [-0.15, -0.1) is 0 Å². The molecule has 2 amide bonds. The van der Waals surface area contributed by atoms with Crippen LogP contribution in [-0.2, 0) is 9.59 Å². The van der Waals surface area contributed by atoms with Crippen LogP contribution in [0.5, 0.6) is 0 Å². The Bertz CT molecular complexity index is 591. The van der Waals surface area contributed by atoms with Crippen LogP contribution < -0.4 is 10.2 Å². The van der Waals surface area contributed by atoms with E-state index < -0.39 is 11.5 Å². The van der Waals surface area contributed by atoms with Crippen LogP contribution in [0.15, 0.2) is 30.3 Å². The minimum Gasteiger partial charge on any atom is -0.380 e. The van der Waals surface area contributed by atoms with Crippen molar-refractivity contribution in [2.24, 2.45) is 0 Å². The number of nitrogens with one attached hydrogen (secondary N) is 1. The predicted octanol–water partition coefficient (Wildman–Crippen LogP) is 1.15. The fourth-order valence-corrected chi connectivity index (χ4v) is 3.65. The third-order valence-corrected chi connectivity index (χ3v) is 5.26. The van der Waals surface area contributed by atoms with Crippen LogP contribution in [0.25, 0.3) is 0 Å². The number of carbonyl (C=O) groups excluding carboxylic acids is 2. The Balaban J connectivity index is 1.44. The second kappa shape index (κ2) is 7.87. The van der Waals surface area contributed by atoms with Crippen LogP contribution in [0, 0.1) is 0 Å². The number of hydrogen-bond acceptors (Lipinski definition) is 4. The Morgan fingerprint density at radius 3 is 2.28 bits per heavy atom. The molecule has 0 unspecified atom stereocenters. The Morgan fingerprint density at radius 2 is 1.64 bits per heavy atom. The third-order valence-electron chi connectivity index (χ3n) is 5.26. The van der Waals surface area contributed by atoms with Crippen molar-refractivity contribution in [3.05, 3.63) is 30.3 Å². The second-order valence-corrected chi connectivity index (χ2v) is 6.98. The van der Waals surface area contributed by atoms with Crippen LogP contribution in [0.2, 0.25) is 0 Å². The maximum Gasteiger partial charge on any atom is 0.252 e. The summed E-state index contributed by atoms with van der Waals surface area (Å²) in [6.07, 6.45) is 3.75. The van der Waals surface area contributed by atoms with Gasteiger partial charge in [0, 0.05) is 31.9 Å². The summed E-state index contributed by atoms with van der Waals surface area (Å²) in [5.74, 6) is -0.482. The van der Waals surface area contributed by atoms with E-state index in [0.717, 1.165) is 32.4 Å². The van der Waals surface area contributed by atoms with Gasteiger partial charge < -0.3 is 20.2 Å². The first-order valence-electron chi connectivity index (χ1n) is 9.17. The molecular weight excluding hydrogens is 318 g/mol. The van der Waals surface area contributed by atoms with E-state index in [0.29, 0.717) is 25.9 Å². The maximum atomic E-state index is 12.3. The Morgan fingerprint density at radius 1 is 1.00 bits per heavy atom. The van der Waals surface area contributed by atoms with Gasteiger partial charge in [-0.25, -0.2) is 0 Å². The average molecular weight is 345 g/mol. The molecule has 136 valence electrons. The summed E-state index contributed by atoms with van der Waals surface area (Å²) in [4.78, 5) is 28.6. The van der Waals surface area contributed by atoms with Crippen molar-refractivity contribution in [3.8, 4) is 0 Å². The fraction of sp³-hybridized carbons (Fsp3) is 0.579. The molecule has 0 bridgehead atoms. The summed E-state index contributed by atoms with van der Waals surface area (Å²) in [5.41, 5.74) is -0.118. The van der Waals surface area contributed by atoms with Gasteiger partial charge in [0.2, 0.25) is 5.91 Å². The van der Waals surface area contributed by atoms with E-state index in [4.69, 9.17) is 0 Å². The molecule has 0 atom stereocenters. The van der Waals surface area contributed by atoms with Gasteiger partial charge in [-0.05, 0) is 25.0 Å². The van der Waals surface area contributed by atoms with E-state index in [1.165, 1.54) is 5.69 Å². The van der Waals surface area contributed by atoms with Crippen molar-refractivity contribution >= 4 is 17.5 Å². The number of rotatable bonds is 4. The first-order chi connectivity index (χ1) is 12.1. The Kier molecular flexibility index (Phi) is 5.58. The first-order valence-corrected chi connectivity index (χ1v) is 9.17. The van der Waals surface area contributed by atoms with Crippen LogP contribution in [0.1, 0.15) is 32.1 Å². The summed E-state index contributed by atoms with van der Waals surface area (Å²) in [7, 11) is 0. The second-order valence-electron chi connectivity index (χ2n) is 6.98. The minimum atomic E-state index is -1.29. The number of carbonyl (C=O) groups is 2. The van der Waals surface area contributed by atoms with Gasteiger partial charge in [0.15, 0.2) is 0 Å². The fourth-order valence-electron chi connectivity index (χ4n) is 3.65. The van der Waals surface area contributed by atoms with E-state index in [2.05, 4.69) is 22.3 Å². The summed E-state index contributed by atoms with van der Waals surface area (Å²) in [6, 6.07) is 10.2. The van der Waals surface area contributed by atoms with Gasteiger partial charge in [0.1, 0.15) is 5.60 Å². The lowest BCUT2D eigenvalue weighted by Gasteiger charge is -2.36. The molecule has 6 nitrogen and oxygen atoms in total. The average Bonchev–Trinajstić information content (AvgIpc) is 2.67. The standard InChI is InChI=1S/C19H27N3O3/c23-17(15-20-18(24)19(25)9-5-2-6-10-19)22-13-11-21(12-14-22)16-7-3-1-4-8-16/h1,3-4,7-8,25H,2,5-6,9-15H2,(H,20,24). The van der Waals surface area contributed by atoms with Crippen LogP contribution in [0.3, 0.4) is 0 Å². The highest BCUT2D eigenvalue weighted by molar-refractivity contribution is 5.89. The zero-order valence-corrected chi connectivity index (χ0v) is 14.6. The van der Waals surface area contributed by atoms with Crippen molar-refractivity contribution in [1.29, 1.82) is 0 Å². The van der Waals surface area contributed by atoms with Crippen molar-refractivity contribution < 1.29 is 14.7 Å². The number of hydrogen-bond donors (Lipinski definition) is 2. The summed E-state index contributed by atoms with van der Waals surface area (Å²) >= 11 is 0. The van der Waals surface area contributed by atoms with E-state index in [-0.39, 0.29) is 12.5 Å². The Hall–Kier alpha value is -2.08. The van der Waals surface area contributed by atoms with Crippen molar-refractivity contribution in [2.75, 3.05) is 37.6 Å². The van der Waals surface area contributed by atoms with Gasteiger partial charge in [-0.1, -0.05) is 37.5 Å². The topological polar surface area (TPSA) is 72.9 Å². The summed E-state index contributed by atoms with van der Waals surface area (Å²) < 4.78 is 0. The lowest BCUT2D eigenvalue weighted by atomic mass is 9.84. The van der Waals surface area contributed by atoms with Gasteiger partial charge in [0.05, 0.1) is 6.54 Å². The smallest absolute Gasteiger partial charge is 0.252 e. The summed E-state index contributed by atoms with van der Waals surface area (Å²) in [5, 5.41) is 13.0. The number of amides is 2. The molecule has 1 aromatic rings. The number of anilines is 1. The largest absolute Gasteiger partial charge is 0.380 e. The molecule has 2 aliphatic rings. The summed E-state index contributed by atoms with van der Waals surface area (Å²) in [6.45, 7) is 2.83. The zero-order valence-electron chi connectivity index (χ0n) is 14.6. The maximum absolute atomic E-state index is 12.3. The van der Waals surface area contributed by atoms with E-state index >= 15 is 0 Å². The van der Waals surface area contributed by atoms with Gasteiger partial charge in [-0.3, -0.25) is 9.59 Å². The molecule has 0 aromatic heterocycles. The molecule has 1 aliphatic carbocycles.